The minimum Gasteiger partial charge on any atom is -0.322 e. The van der Waals surface area contributed by atoms with Crippen LogP contribution in [0.5, 0.6) is 0 Å². The maximum absolute atomic E-state index is 13.7. The molecule has 42 heavy (non-hydrogen) atoms. The van der Waals surface area contributed by atoms with E-state index in [1.165, 1.54) is 0 Å². The first kappa shape index (κ1) is 28.8. The molecular weight excluding hydrogens is 524 g/mol. The molecule has 1 aliphatic heterocycles. The molecule has 1 N–H and O–H groups in total. The van der Waals surface area contributed by atoms with Crippen LogP contribution < -0.4 is 15.1 Å². The van der Waals surface area contributed by atoms with Gasteiger partial charge in [-0.05, 0) is 93.1 Å². The van der Waals surface area contributed by atoms with E-state index in [9.17, 15) is 14.4 Å². The van der Waals surface area contributed by atoms with Crippen molar-refractivity contribution in [2.75, 3.05) is 48.8 Å². The molecule has 0 aliphatic carbocycles. The summed E-state index contributed by atoms with van der Waals surface area (Å²) in [6.45, 7) is 3.79. The van der Waals surface area contributed by atoms with Gasteiger partial charge < -0.3 is 20.0 Å². The summed E-state index contributed by atoms with van der Waals surface area (Å²) in [6.07, 6.45) is 1.08. The monoisotopic (exact) mass is 560 g/mol. The van der Waals surface area contributed by atoms with Crippen molar-refractivity contribution in [1.29, 1.82) is 0 Å². The second-order valence-corrected chi connectivity index (χ2v) is 10.8. The summed E-state index contributed by atoms with van der Waals surface area (Å²) in [5, 5.41) is 2.98. The van der Waals surface area contributed by atoms with Gasteiger partial charge in [-0.1, -0.05) is 54.6 Å². The molecule has 7 nitrogen and oxygen atoms in total. The molecule has 7 heteroatoms. The van der Waals surface area contributed by atoms with Gasteiger partial charge in [0, 0.05) is 36.3 Å². The lowest BCUT2D eigenvalue weighted by Gasteiger charge is -2.26. The highest BCUT2D eigenvalue weighted by molar-refractivity contribution is 6.12. The fraction of sp³-hybridized carbons (Fsp3) is 0.229. The van der Waals surface area contributed by atoms with Gasteiger partial charge in [-0.15, -0.1) is 0 Å². The fourth-order valence-corrected chi connectivity index (χ4v) is 5.36. The van der Waals surface area contributed by atoms with Crippen LogP contribution in [0.4, 0.5) is 17.1 Å². The number of hydrogen-bond acceptors (Lipinski definition) is 4. The highest BCUT2D eigenvalue weighted by Gasteiger charge is 2.29. The Kier molecular flexibility index (Phi) is 8.79. The zero-order valence-corrected chi connectivity index (χ0v) is 24.3. The number of carbonyl (C=O) groups excluding carboxylic acids is 3. The maximum Gasteiger partial charge on any atom is 0.258 e. The lowest BCUT2D eigenvalue weighted by molar-refractivity contribution is -0.118. The number of para-hydroxylation sites is 2. The Morgan fingerprint density at radius 3 is 2.17 bits per heavy atom. The molecule has 0 saturated heterocycles. The molecule has 0 bridgehead atoms. The molecule has 214 valence electrons. The van der Waals surface area contributed by atoms with Crippen LogP contribution >= 0.6 is 0 Å². The zero-order chi connectivity index (χ0) is 29.6. The summed E-state index contributed by atoms with van der Waals surface area (Å²) < 4.78 is 0. The number of benzene rings is 4. The minimum atomic E-state index is -0.220. The number of rotatable bonds is 8. The van der Waals surface area contributed by atoms with E-state index in [-0.39, 0.29) is 24.1 Å². The van der Waals surface area contributed by atoms with Crippen molar-refractivity contribution >= 4 is 34.8 Å². The van der Waals surface area contributed by atoms with Gasteiger partial charge in [0.1, 0.15) is 0 Å². The van der Waals surface area contributed by atoms with Crippen LogP contribution in [-0.2, 0) is 4.79 Å². The smallest absolute Gasteiger partial charge is 0.258 e. The van der Waals surface area contributed by atoms with Gasteiger partial charge in [0.15, 0.2) is 0 Å². The summed E-state index contributed by atoms with van der Waals surface area (Å²) in [7, 11) is 4.03. The number of fused-ring (bicyclic) bond motifs is 1. The largest absolute Gasteiger partial charge is 0.322 e. The summed E-state index contributed by atoms with van der Waals surface area (Å²) in [5.41, 5.74) is 6.10. The van der Waals surface area contributed by atoms with E-state index in [4.69, 9.17) is 0 Å². The fourth-order valence-electron chi connectivity index (χ4n) is 5.36. The van der Waals surface area contributed by atoms with Gasteiger partial charge in [0.05, 0.1) is 11.4 Å². The van der Waals surface area contributed by atoms with Crippen molar-refractivity contribution < 1.29 is 14.4 Å². The van der Waals surface area contributed by atoms with E-state index in [0.717, 1.165) is 41.0 Å². The molecule has 0 spiro atoms. The molecule has 0 unspecified atom stereocenters. The third kappa shape index (κ3) is 6.26. The topological polar surface area (TPSA) is 73.0 Å². The number of nitrogens with zero attached hydrogens (tertiary/aromatic N) is 3. The second-order valence-electron chi connectivity index (χ2n) is 10.8. The molecule has 0 radical (unpaired) electrons. The average Bonchev–Trinajstić information content (AvgIpc) is 3.13. The molecule has 0 saturated carbocycles. The molecule has 4 aromatic carbocycles. The predicted molar refractivity (Wildman–Crippen MR) is 169 cm³/mol. The summed E-state index contributed by atoms with van der Waals surface area (Å²) in [4.78, 5) is 45.7. The van der Waals surface area contributed by atoms with Crippen LogP contribution in [0.3, 0.4) is 0 Å². The first-order valence-corrected chi connectivity index (χ1v) is 14.3. The van der Waals surface area contributed by atoms with Gasteiger partial charge in [0.25, 0.3) is 11.8 Å². The quantitative estimate of drug-likeness (QED) is 0.277. The number of anilines is 3. The van der Waals surface area contributed by atoms with Crippen molar-refractivity contribution in [2.24, 2.45) is 0 Å². The number of aryl methyl sites for hydroxylation is 1. The van der Waals surface area contributed by atoms with Crippen LogP contribution in [0.15, 0.2) is 97.1 Å². The van der Waals surface area contributed by atoms with Gasteiger partial charge in [-0.3, -0.25) is 14.4 Å². The maximum atomic E-state index is 13.7. The molecule has 4 aromatic rings. The molecular formula is C35H36N4O3. The number of carbonyl (C=O) groups is 3. The summed E-state index contributed by atoms with van der Waals surface area (Å²) >= 11 is 0. The second kappa shape index (κ2) is 12.8. The SMILES string of the molecule is Cc1ccccc1-c1ccccc1C(=O)Nc1ccc(C(=O)N2CCC(=O)N(CCCN(C)C)c3ccccc32)cc1. The van der Waals surface area contributed by atoms with E-state index < -0.39 is 0 Å². The highest BCUT2D eigenvalue weighted by atomic mass is 16.2. The van der Waals surface area contributed by atoms with Crippen molar-refractivity contribution in [3.05, 3.63) is 114 Å². The predicted octanol–water partition coefficient (Wildman–Crippen LogP) is 6.25. The first-order valence-electron chi connectivity index (χ1n) is 14.3. The lowest BCUT2D eigenvalue weighted by atomic mass is 9.95. The third-order valence-corrected chi connectivity index (χ3v) is 7.54. The summed E-state index contributed by atoms with van der Waals surface area (Å²) in [5.74, 6) is -0.393. The van der Waals surface area contributed by atoms with Crippen LogP contribution in [0, 0.1) is 6.92 Å². The van der Waals surface area contributed by atoms with E-state index in [1.807, 2.05) is 93.8 Å². The summed E-state index contributed by atoms with van der Waals surface area (Å²) in [6, 6.07) is 30.0. The van der Waals surface area contributed by atoms with Crippen LogP contribution in [0.25, 0.3) is 11.1 Å². The van der Waals surface area contributed by atoms with Gasteiger partial charge in [-0.25, -0.2) is 0 Å². The highest BCUT2D eigenvalue weighted by Crippen LogP contribution is 2.34. The van der Waals surface area contributed by atoms with E-state index >= 15 is 0 Å². The number of hydrogen-bond donors (Lipinski definition) is 1. The molecule has 1 heterocycles. The molecule has 0 atom stereocenters. The van der Waals surface area contributed by atoms with Gasteiger partial charge in [0.2, 0.25) is 5.91 Å². The van der Waals surface area contributed by atoms with Crippen molar-refractivity contribution in [1.82, 2.24) is 4.90 Å². The van der Waals surface area contributed by atoms with Crippen LogP contribution in [-0.4, -0.2) is 56.4 Å². The third-order valence-electron chi connectivity index (χ3n) is 7.54. The van der Waals surface area contributed by atoms with E-state index in [0.29, 0.717) is 29.9 Å². The van der Waals surface area contributed by atoms with Gasteiger partial charge >= 0.3 is 0 Å². The van der Waals surface area contributed by atoms with Crippen molar-refractivity contribution in [2.45, 2.75) is 19.8 Å². The van der Waals surface area contributed by atoms with E-state index in [2.05, 4.69) is 10.2 Å². The van der Waals surface area contributed by atoms with Crippen LogP contribution in [0.1, 0.15) is 39.1 Å². The number of amides is 3. The van der Waals surface area contributed by atoms with E-state index in [1.54, 1.807) is 34.1 Å². The van der Waals surface area contributed by atoms with Crippen molar-refractivity contribution in [3.8, 4) is 11.1 Å². The molecule has 1 aliphatic rings. The van der Waals surface area contributed by atoms with Crippen LogP contribution in [0.2, 0.25) is 0 Å². The molecule has 0 aromatic heterocycles. The minimum absolute atomic E-state index is 0.0144. The standard InChI is InChI=1S/C35H36N4O3/c1-25-11-4-5-12-28(25)29-13-6-7-14-30(29)34(41)36-27-19-17-26(18-20-27)35(42)39-24-21-33(40)38(23-10-22-37(2)3)31-15-8-9-16-32(31)39/h4-9,11-20H,10,21-24H2,1-3H3,(H,36,41). The Morgan fingerprint density at radius 2 is 1.45 bits per heavy atom. The average molecular weight is 561 g/mol. The van der Waals surface area contributed by atoms with Crippen molar-refractivity contribution in [3.63, 3.8) is 0 Å². The normalized spacial score (nSPS) is 13.1. The lowest BCUT2D eigenvalue weighted by Crippen LogP contribution is -2.33. The Balaban J connectivity index is 1.34. The Morgan fingerprint density at radius 1 is 0.810 bits per heavy atom. The molecule has 3 amide bonds. The Labute approximate surface area is 247 Å². The number of nitrogens with one attached hydrogen (secondary N) is 1. The zero-order valence-electron chi connectivity index (χ0n) is 24.3. The Hall–Kier alpha value is -4.75. The first-order chi connectivity index (χ1) is 20.3. The van der Waals surface area contributed by atoms with Gasteiger partial charge in [-0.2, -0.15) is 0 Å². The molecule has 5 rings (SSSR count). The Bertz CT molecular complexity index is 1600. The molecule has 0 fully saturated rings.